The van der Waals surface area contributed by atoms with Gasteiger partial charge in [-0.25, -0.2) is 4.98 Å². The minimum Gasteiger partial charge on any atom is -0.381 e. The van der Waals surface area contributed by atoms with Gasteiger partial charge in [-0.1, -0.05) is 18.2 Å². The number of benzene rings is 2. The van der Waals surface area contributed by atoms with Gasteiger partial charge < -0.3 is 19.9 Å². The normalized spacial score (nSPS) is 17.1. The molecule has 3 aromatic heterocycles. The lowest BCUT2D eigenvalue weighted by Gasteiger charge is -2.53. The Morgan fingerprint density at radius 1 is 1.00 bits per heavy atom. The van der Waals surface area contributed by atoms with Crippen LogP contribution in [0.25, 0.3) is 20.7 Å². The van der Waals surface area contributed by atoms with Crippen LogP contribution < -0.4 is 15.1 Å². The van der Waals surface area contributed by atoms with E-state index < -0.39 is 0 Å². The summed E-state index contributed by atoms with van der Waals surface area (Å²) in [5, 5.41) is 5.08. The molecule has 44 heavy (non-hydrogen) atoms. The highest BCUT2D eigenvalue weighted by atomic mass is 32.1. The van der Waals surface area contributed by atoms with Crippen LogP contribution in [0.2, 0.25) is 0 Å². The van der Waals surface area contributed by atoms with Crippen molar-refractivity contribution in [2.45, 2.75) is 26.2 Å². The number of aryl methyl sites for hydroxylation is 1. The van der Waals surface area contributed by atoms with Crippen molar-refractivity contribution in [3.63, 3.8) is 0 Å². The monoisotopic (exact) mass is 620 g/mol. The second-order valence-corrected chi connectivity index (χ2v) is 14.3. The highest BCUT2D eigenvalue weighted by Crippen LogP contribution is 2.44. The van der Waals surface area contributed by atoms with E-state index in [0.29, 0.717) is 23.4 Å². The summed E-state index contributed by atoms with van der Waals surface area (Å²) >= 11 is 3.37. The molecule has 1 N–H and O–H groups in total. The fourth-order valence-corrected chi connectivity index (χ4v) is 8.68. The summed E-state index contributed by atoms with van der Waals surface area (Å²) in [7, 11) is 0. The smallest absolute Gasteiger partial charge is 0.259 e. The molecule has 9 heteroatoms. The number of hydrogen-bond donors (Lipinski definition) is 1. The van der Waals surface area contributed by atoms with Crippen molar-refractivity contribution in [1.82, 2.24) is 4.98 Å². The van der Waals surface area contributed by atoms with Crippen molar-refractivity contribution >= 4 is 61.9 Å². The number of nitrogens with zero attached hydrogens (tertiary/aromatic N) is 3. The topological polar surface area (TPSA) is 74.8 Å². The number of aromatic nitrogens is 1. The minimum atomic E-state index is -0.197. The SMILES string of the molecule is Cc1cc2c(s1)-c1ccccc1N(C(=O)c1ccc(NC(=O)c3cc4sccc4nc3N3CC4(CCOCC4)C3)cc1)CC2. The first-order chi connectivity index (χ1) is 21.5. The van der Waals surface area contributed by atoms with Gasteiger partial charge in [-0.2, -0.15) is 0 Å². The number of fused-ring (bicyclic) bond motifs is 4. The molecular weight excluding hydrogens is 589 g/mol. The van der Waals surface area contributed by atoms with Crippen LogP contribution in [0.3, 0.4) is 0 Å². The van der Waals surface area contributed by atoms with Gasteiger partial charge in [0, 0.05) is 64.8 Å². The van der Waals surface area contributed by atoms with E-state index in [9.17, 15) is 9.59 Å². The molecule has 2 saturated heterocycles. The Morgan fingerprint density at radius 2 is 1.80 bits per heavy atom. The van der Waals surface area contributed by atoms with Gasteiger partial charge in [-0.05, 0) is 85.7 Å². The number of nitrogens with one attached hydrogen (secondary N) is 1. The molecule has 0 bridgehead atoms. The van der Waals surface area contributed by atoms with Crippen LogP contribution in [0.1, 0.15) is 44.0 Å². The number of rotatable bonds is 4. The lowest BCUT2D eigenvalue weighted by atomic mass is 9.73. The molecular formula is C35H32N4O3S2. The number of para-hydroxylation sites is 1. The molecule has 3 aliphatic rings. The summed E-state index contributed by atoms with van der Waals surface area (Å²) < 4.78 is 6.58. The molecule has 0 atom stereocenters. The first-order valence-electron chi connectivity index (χ1n) is 15.1. The zero-order valence-electron chi connectivity index (χ0n) is 24.5. The number of carbonyl (C=O) groups excluding carboxylic acids is 2. The lowest BCUT2D eigenvalue weighted by molar-refractivity contribution is -0.000490. The molecule has 222 valence electrons. The van der Waals surface area contributed by atoms with Crippen molar-refractivity contribution in [2.75, 3.05) is 48.0 Å². The summed E-state index contributed by atoms with van der Waals surface area (Å²) in [6.07, 6.45) is 2.91. The van der Waals surface area contributed by atoms with Gasteiger partial charge in [0.15, 0.2) is 0 Å². The molecule has 1 spiro atoms. The van der Waals surface area contributed by atoms with Crippen molar-refractivity contribution in [3.8, 4) is 10.4 Å². The number of thiophene rings is 2. The molecule has 0 saturated carbocycles. The second-order valence-electron chi connectivity index (χ2n) is 12.1. The van der Waals surface area contributed by atoms with Crippen molar-refractivity contribution in [3.05, 3.63) is 93.7 Å². The summed E-state index contributed by atoms with van der Waals surface area (Å²) in [4.78, 5) is 39.1. The Hall–Kier alpha value is -4.05. The highest BCUT2D eigenvalue weighted by molar-refractivity contribution is 7.17. The number of hydrogen-bond acceptors (Lipinski definition) is 7. The molecule has 3 aliphatic heterocycles. The molecule has 0 unspecified atom stereocenters. The molecule has 2 amide bonds. The number of ether oxygens (including phenoxy) is 1. The van der Waals surface area contributed by atoms with E-state index in [4.69, 9.17) is 9.72 Å². The predicted molar refractivity (Wildman–Crippen MR) is 179 cm³/mol. The van der Waals surface area contributed by atoms with Crippen LogP contribution in [-0.4, -0.2) is 49.6 Å². The van der Waals surface area contributed by atoms with E-state index in [1.807, 2.05) is 52.7 Å². The molecule has 0 radical (unpaired) electrons. The zero-order valence-corrected chi connectivity index (χ0v) is 26.1. The summed E-state index contributed by atoms with van der Waals surface area (Å²) in [5.41, 5.74) is 6.32. The zero-order chi connectivity index (χ0) is 29.8. The number of anilines is 3. The molecule has 2 aromatic carbocycles. The maximum atomic E-state index is 13.8. The van der Waals surface area contributed by atoms with Gasteiger partial charge in [0.05, 0.1) is 21.5 Å². The highest BCUT2D eigenvalue weighted by Gasteiger charge is 2.45. The van der Waals surface area contributed by atoms with Crippen molar-refractivity contribution in [2.24, 2.45) is 5.41 Å². The third-order valence-corrected chi connectivity index (χ3v) is 11.2. The predicted octanol–water partition coefficient (Wildman–Crippen LogP) is 7.41. The largest absolute Gasteiger partial charge is 0.381 e. The molecule has 8 rings (SSSR count). The quantitative estimate of drug-likeness (QED) is 0.227. The average Bonchev–Trinajstić information content (AvgIpc) is 3.62. The minimum absolute atomic E-state index is 0.0448. The lowest BCUT2D eigenvalue weighted by Crippen LogP contribution is -2.59. The average molecular weight is 621 g/mol. The second kappa shape index (κ2) is 10.8. The van der Waals surface area contributed by atoms with Crippen LogP contribution in [0.15, 0.2) is 72.1 Å². The van der Waals surface area contributed by atoms with Gasteiger partial charge in [0.1, 0.15) is 5.82 Å². The van der Waals surface area contributed by atoms with E-state index in [-0.39, 0.29) is 17.2 Å². The molecule has 6 heterocycles. The molecule has 7 nitrogen and oxygen atoms in total. The molecule has 0 aliphatic carbocycles. The van der Waals surface area contributed by atoms with Gasteiger partial charge >= 0.3 is 0 Å². The molecule has 2 fully saturated rings. The van der Waals surface area contributed by atoms with Crippen LogP contribution >= 0.6 is 22.7 Å². The Labute approximate surface area is 264 Å². The summed E-state index contributed by atoms with van der Waals surface area (Å²) in [6.45, 7) is 6.14. The first-order valence-corrected chi connectivity index (χ1v) is 16.8. The standard InChI is InChI=1S/C35H32N4O3S2/c1-22-18-24-10-14-39(29-5-3-2-4-26(29)31(24)44-22)34(41)23-6-8-25(9-7-23)36-33(40)27-19-30-28(11-17-43-30)37-32(27)38-20-35(21-38)12-15-42-16-13-35/h2-9,11,17-19H,10,12-16,20-21H2,1H3,(H,36,40). The number of amides is 2. The number of pyridine rings is 1. The third kappa shape index (κ3) is 4.80. The Kier molecular flexibility index (Phi) is 6.77. The van der Waals surface area contributed by atoms with E-state index in [1.54, 1.807) is 34.8 Å². The van der Waals surface area contributed by atoms with Crippen molar-refractivity contribution in [1.29, 1.82) is 0 Å². The fraction of sp³-hybridized carbons (Fsp3) is 0.286. The Balaban J connectivity index is 1.02. The fourth-order valence-electron chi connectivity index (χ4n) is 6.82. The summed E-state index contributed by atoms with van der Waals surface area (Å²) in [6, 6.07) is 21.6. The molecule has 5 aromatic rings. The van der Waals surface area contributed by atoms with Gasteiger partial charge in [-0.3, -0.25) is 9.59 Å². The maximum Gasteiger partial charge on any atom is 0.259 e. The van der Waals surface area contributed by atoms with Gasteiger partial charge in [0.25, 0.3) is 11.8 Å². The van der Waals surface area contributed by atoms with Crippen molar-refractivity contribution < 1.29 is 14.3 Å². The van der Waals surface area contributed by atoms with Crippen LogP contribution in [-0.2, 0) is 11.2 Å². The first kappa shape index (κ1) is 27.5. The van der Waals surface area contributed by atoms with Crippen LogP contribution in [0.4, 0.5) is 17.2 Å². The number of carbonyl (C=O) groups is 2. The van der Waals surface area contributed by atoms with E-state index in [0.717, 1.165) is 72.9 Å². The maximum absolute atomic E-state index is 13.8. The van der Waals surface area contributed by atoms with E-state index in [2.05, 4.69) is 29.3 Å². The van der Waals surface area contributed by atoms with E-state index >= 15 is 0 Å². The van der Waals surface area contributed by atoms with E-state index in [1.165, 1.54) is 15.3 Å². The van der Waals surface area contributed by atoms with Gasteiger partial charge in [-0.15, -0.1) is 22.7 Å². The Morgan fingerprint density at radius 3 is 2.61 bits per heavy atom. The van der Waals surface area contributed by atoms with Gasteiger partial charge in [0.2, 0.25) is 0 Å². The van der Waals surface area contributed by atoms with Crippen LogP contribution in [0, 0.1) is 12.3 Å². The Bertz CT molecular complexity index is 1900. The third-order valence-electron chi connectivity index (χ3n) is 9.18. The summed E-state index contributed by atoms with van der Waals surface area (Å²) in [5.74, 6) is 0.496. The van der Waals surface area contributed by atoms with Crippen LogP contribution in [0.5, 0.6) is 0 Å².